The van der Waals surface area contributed by atoms with Crippen molar-refractivity contribution in [2.45, 2.75) is 31.1 Å². The molecule has 0 unspecified atom stereocenters. The molecule has 0 aromatic heterocycles. The topological polar surface area (TPSA) is 113 Å². The summed E-state index contributed by atoms with van der Waals surface area (Å²) in [5.41, 5.74) is 5.56. The first-order valence-corrected chi connectivity index (χ1v) is 4.66. The average Bonchev–Trinajstić information content (AvgIpc) is 2.17. The maximum absolute atomic E-state index is 10.6. The molecule has 0 aliphatic carbocycles. The van der Waals surface area contributed by atoms with Gasteiger partial charge in [0.2, 0.25) is 0 Å². The van der Waals surface area contributed by atoms with Gasteiger partial charge in [0.25, 0.3) is 0 Å². The van der Waals surface area contributed by atoms with Crippen molar-refractivity contribution in [3.05, 3.63) is 0 Å². The van der Waals surface area contributed by atoms with E-state index in [4.69, 9.17) is 20.7 Å². The molecule has 1 fully saturated rings. The normalized spacial score (nSPS) is 24.5. The van der Waals surface area contributed by atoms with E-state index in [2.05, 4.69) is 5.32 Å². The standard InChI is InChI=1S/C6H12N2O2.C2HF3O2/c7-4-1-2-8-5(3-4)6(9)10;3-2(4,5)1(6)7/h4-5,8H,1-3,7H2,(H,9,10);(H,6,7)/t4-,5+;/m1./s1. The number of halogens is 3. The highest BCUT2D eigenvalue weighted by molar-refractivity contribution is 5.73. The molecular formula is C8H13F3N2O4. The van der Waals surface area contributed by atoms with Crippen LogP contribution in [0.25, 0.3) is 0 Å². The van der Waals surface area contributed by atoms with Crippen LogP contribution < -0.4 is 11.1 Å². The van der Waals surface area contributed by atoms with Gasteiger partial charge >= 0.3 is 18.1 Å². The van der Waals surface area contributed by atoms with E-state index < -0.39 is 24.2 Å². The Balaban J connectivity index is 0.000000325. The van der Waals surface area contributed by atoms with E-state index in [1.54, 1.807) is 0 Å². The van der Waals surface area contributed by atoms with Crippen LogP contribution in [0.5, 0.6) is 0 Å². The first kappa shape index (κ1) is 15.7. The van der Waals surface area contributed by atoms with Gasteiger partial charge in [-0.25, -0.2) is 4.79 Å². The van der Waals surface area contributed by atoms with Crippen molar-refractivity contribution >= 4 is 11.9 Å². The van der Waals surface area contributed by atoms with E-state index in [-0.39, 0.29) is 6.04 Å². The molecule has 0 aromatic carbocycles. The number of carboxylic acid groups (broad SMARTS) is 2. The number of carboxylic acids is 2. The van der Waals surface area contributed by atoms with Gasteiger partial charge in [-0.3, -0.25) is 4.79 Å². The molecule has 5 N–H and O–H groups in total. The van der Waals surface area contributed by atoms with E-state index in [0.29, 0.717) is 6.42 Å². The zero-order valence-electron chi connectivity index (χ0n) is 8.70. The van der Waals surface area contributed by atoms with Gasteiger partial charge in [0, 0.05) is 6.04 Å². The second kappa shape index (κ2) is 6.40. The fourth-order valence-corrected chi connectivity index (χ4v) is 1.14. The van der Waals surface area contributed by atoms with Crippen LogP contribution in [0.4, 0.5) is 13.2 Å². The van der Waals surface area contributed by atoms with Crippen LogP contribution in [-0.4, -0.2) is 47.0 Å². The molecule has 0 radical (unpaired) electrons. The maximum Gasteiger partial charge on any atom is 0.490 e. The number of carbonyl (C=O) groups is 2. The summed E-state index contributed by atoms with van der Waals surface area (Å²) < 4.78 is 31.7. The summed E-state index contributed by atoms with van der Waals surface area (Å²) in [5.74, 6) is -3.55. The lowest BCUT2D eigenvalue weighted by Crippen LogP contribution is -2.47. The van der Waals surface area contributed by atoms with Gasteiger partial charge in [-0.1, -0.05) is 0 Å². The van der Waals surface area contributed by atoms with Crippen molar-refractivity contribution in [1.29, 1.82) is 0 Å². The zero-order valence-corrected chi connectivity index (χ0v) is 8.70. The van der Waals surface area contributed by atoms with Crippen LogP contribution in [0.3, 0.4) is 0 Å². The Hall–Kier alpha value is -1.35. The SMILES string of the molecule is N[C@@H]1CCN[C@H](C(=O)O)C1.O=C(O)C(F)(F)F. The molecule has 9 heteroatoms. The molecule has 6 nitrogen and oxygen atoms in total. The largest absolute Gasteiger partial charge is 0.490 e. The van der Waals surface area contributed by atoms with Crippen LogP contribution in [-0.2, 0) is 9.59 Å². The number of hydrogen-bond acceptors (Lipinski definition) is 4. The molecule has 0 bridgehead atoms. The smallest absolute Gasteiger partial charge is 0.480 e. The monoisotopic (exact) mass is 258 g/mol. The fourth-order valence-electron chi connectivity index (χ4n) is 1.14. The minimum Gasteiger partial charge on any atom is -0.480 e. The van der Waals surface area contributed by atoms with Crippen molar-refractivity contribution in [2.24, 2.45) is 5.73 Å². The molecule has 100 valence electrons. The van der Waals surface area contributed by atoms with Crippen molar-refractivity contribution in [2.75, 3.05) is 6.54 Å². The van der Waals surface area contributed by atoms with Gasteiger partial charge in [0.15, 0.2) is 0 Å². The third kappa shape index (κ3) is 6.74. The van der Waals surface area contributed by atoms with Crippen LogP contribution >= 0.6 is 0 Å². The van der Waals surface area contributed by atoms with E-state index in [1.807, 2.05) is 0 Å². The van der Waals surface area contributed by atoms with Crippen LogP contribution in [0.15, 0.2) is 0 Å². The Kier molecular flexibility index (Phi) is 5.89. The van der Waals surface area contributed by atoms with Crippen molar-refractivity contribution < 1.29 is 33.0 Å². The number of alkyl halides is 3. The van der Waals surface area contributed by atoms with Gasteiger partial charge < -0.3 is 21.3 Å². The molecule has 0 saturated carbocycles. The van der Waals surface area contributed by atoms with E-state index >= 15 is 0 Å². The summed E-state index contributed by atoms with van der Waals surface area (Å²) in [4.78, 5) is 19.3. The summed E-state index contributed by atoms with van der Waals surface area (Å²) in [7, 11) is 0. The number of nitrogens with one attached hydrogen (secondary N) is 1. The molecule has 0 aromatic rings. The van der Waals surface area contributed by atoms with Crippen LogP contribution in [0, 0.1) is 0 Å². The quantitative estimate of drug-likeness (QED) is 0.517. The van der Waals surface area contributed by atoms with Crippen molar-refractivity contribution in [3.8, 4) is 0 Å². The molecular weight excluding hydrogens is 245 g/mol. The number of hydrogen-bond donors (Lipinski definition) is 4. The van der Waals surface area contributed by atoms with E-state index in [1.165, 1.54) is 0 Å². The Labute approximate surface area is 94.6 Å². The van der Waals surface area contributed by atoms with Gasteiger partial charge in [-0.2, -0.15) is 13.2 Å². The molecule has 2 atom stereocenters. The number of piperidine rings is 1. The lowest BCUT2D eigenvalue weighted by molar-refractivity contribution is -0.192. The van der Waals surface area contributed by atoms with Crippen LogP contribution in [0.2, 0.25) is 0 Å². The van der Waals surface area contributed by atoms with Crippen molar-refractivity contribution in [1.82, 2.24) is 5.32 Å². The van der Waals surface area contributed by atoms with Crippen LogP contribution in [0.1, 0.15) is 12.8 Å². The molecule has 17 heavy (non-hydrogen) atoms. The predicted octanol–water partition coefficient (Wildman–Crippen LogP) is -0.216. The molecule has 1 rings (SSSR count). The molecule has 1 heterocycles. The third-order valence-electron chi connectivity index (χ3n) is 1.98. The summed E-state index contributed by atoms with van der Waals surface area (Å²) in [5, 5.41) is 18.5. The zero-order chi connectivity index (χ0) is 13.6. The third-order valence-corrected chi connectivity index (χ3v) is 1.98. The molecule has 1 saturated heterocycles. The lowest BCUT2D eigenvalue weighted by atomic mass is 10.0. The van der Waals surface area contributed by atoms with Gasteiger partial charge in [-0.15, -0.1) is 0 Å². The number of rotatable bonds is 1. The highest BCUT2D eigenvalue weighted by atomic mass is 19.4. The Morgan fingerprint density at radius 2 is 1.76 bits per heavy atom. The molecule has 0 amide bonds. The highest BCUT2D eigenvalue weighted by Crippen LogP contribution is 2.13. The molecule has 1 aliphatic heterocycles. The summed E-state index contributed by atoms with van der Waals surface area (Å²) in [6, 6.07) is -0.369. The summed E-state index contributed by atoms with van der Waals surface area (Å²) >= 11 is 0. The Morgan fingerprint density at radius 1 is 1.29 bits per heavy atom. The Morgan fingerprint density at radius 3 is 2.00 bits per heavy atom. The second-order valence-electron chi connectivity index (χ2n) is 3.43. The fraction of sp³-hybridized carbons (Fsp3) is 0.750. The van der Waals surface area contributed by atoms with Gasteiger partial charge in [0.1, 0.15) is 6.04 Å². The average molecular weight is 258 g/mol. The minimum absolute atomic E-state index is 0.0577. The predicted molar refractivity (Wildman–Crippen MR) is 50.3 cm³/mol. The second-order valence-corrected chi connectivity index (χ2v) is 3.43. The Bertz CT molecular complexity index is 282. The summed E-state index contributed by atoms with van der Waals surface area (Å²) in [6.07, 6.45) is -3.65. The lowest BCUT2D eigenvalue weighted by Gasteiger charge is -2.24. The highest BCUT2D eigenvalue weighted by Gasteiger charge is 2.38. The van der Waals surface area contributed by atoms with Crippen molar-refractivity contribution in [3.63, 3.8) is 0 Å². The number of nitrogens with two attached hydrogens (primary N) is 1. The molecule has 1 aliphatic rings. The minimum atomic E-state index is -5.08. The first-order chi connectivity index (χ1) is 7.64. The van der Waals surface area contributed by atoms with E-state index in [0.717, 1.165) is 13.0 Å². The van der Waals surface area contributed by atoms with Gasteiger partial charge in [0.05, 0.1) is 0 Å². The first-order valence-electron chi connectivity index (χ1n) is 4.66. The van der Waals surface area contributed by atoms with E-state index in [9.17, 15) is 18.0 Å². The molecule has 0 spiro atoms. The maximum atomic E-state index is 10.6. The summed E-state index contributed by atoms with van der Waals surface area (Å²) in [6.45, 7) is 0.720. The van der Waals surface area contributed by atoms with Gasteiger partial charge in [-0.05, 0) is 19.4 Å². The number of aliphatic carboxylic acids is 2.